The van der Waals surface area contributed by atoms with E-state index < -0.39 is 17.0 Å². The van der Waals surface area contributed by atoms with Crippen LogP contribution in [-0.2, 0) is 0 Å². The van der Waals surface area contributed by atoms with Gasteiger partial charge in [-0.05, 0) is 0 Å². The zero-order valence-corrected chi connectivity index (χ0v) is 23.1. The Morgan fingerprint density at radius 3 is 1.23 bits per heavy atom. The predicted molar refractivity (Wildman–Crippen MR) is 141 cm³/mol. The molecular formula is C26H31NS2Sn. The Morgan fingerprint density at radius 2 is 0.967 bits per heavy atom. The molecule has 0 radical (unpaired) electrons. The standard InChI is InChI=1S/3C7H7.C5H11NS2.Sn/c3*1-7-5-3-2-4-6-7;1-3-6(4-2)5(7)8;/h3*3-6H,1H3;3-4H2,1-2H3,(H,7,8);/q;;;;+1/p-1. The molecule has 0 N–H and O–H groups in total. The Labute approximate surface area is 194 Å². The molecule has 0 spiro atoms. The number of aryl methyl sites for hydroxylation is 3. The minimum absolute atomic E-state index is 0.944. The van der Waals surface area contributed by atoms with E-state index in [9.17, 15) is 0 Å². The van der Waals surface area contributed by atoms with Gasteiger partial charge in [-0.15, -0.1) is 0 Å². The second kappa shape index (κ2) is 10.3. The van der Waals surface area contributed by atoms with Gasteiger partial charge in [-0.25, -0.2) is 0 Å². The molecule has 4 heteroatoms. The molecule has 0 fully saturated rings. The molecule has 0 aliphatic heterocycles. The van der Waals surface area contributed by atoms with Crippen LogP contribution < -0.4 is 10.7 Å². The zero-order chi connectivity index (χ0) is 21.7. The molecule has 0 amide bonds. The van der Waals surface area contributed by atoms with E-state index in [1.165, 1.54) is 27.4 Å². The predicted octanol–water partition coefficient (Wildman–Crippen LogP) is 4.94. The number of hydrogen-bond acceptors (Lipinski definition) is 2. The molecular weight excluding hydrogens is 509 g/mol. The van der Waals surface area contributed by atoms with E-state index in [2.05, 4.69) is 112 Å². The fourth-order valence-electron chi connectivity index (χ4n) is 3.72. The van der Waals surface area contributed by atoms with E-state index in [0.29, 0.717) is 0 Å². The van der Waals surface area contributed by atoms with Crippen molar-refractivity contribution in [3.05, 3.63) is 89.5 Å². The molecule has 1 nitrogen and oxygen atoms in total. The van der Waals surface area contributed by atoms with Crippen LogP contribution >= 0.6 is 21.2 Å². The fourth-order valence-corrected chi connectivity index (χ4v) is 24.9. The third-order valence-corrected chi connectivity index (χ3v) is 27.0. The molecule has 3 rings (SSSR count). The Hall–Kier alpha value is -1.30. The van der Waals surface area contributed by atoms with Crippen LogP contribution in [-0.4, -0.2) is 39.3 Å². The summed E-state index contributed by atoms with van der Waals surface area (Å²) in [5, 5.41) is 0. The van der Waals surface area contributed by atoms with Gasteiger partial charge in [0, 0.05) is 0 Å². The summed E-state index contributed by atoms with van der Waals surface area (Å²) in [5.41, 5.74) is 3.88. The molecule has 0 bridgehead atoms. The van der Waals surface area contributed by atoms with Crippen LogP contribution in [0.2, 0.25) is 0 Å². The third kappa shape index (κ3) is 4.95. The number of rotatable bonds is 6. The average Bonchev–Trinajstić information content (AvgIpc) is 2.75. The summed E-state index contributed by atoms with van der Waals surface area (Å²) < 4.78 is 5.41. The van der Waals surface area contributed by atoms with Gasteiger partial charge in [-0.2, -0.15) is 0 Å². The maximum absolute atomic E-state index is 6.04. The molecule has 156 valence electrons. The Kier molecular flexibility index (Phi) is 8.05. The summed E-state index contributed by atoms with van der Waals surface area (Å²) >= 11 is 2.59. The van der Waals surface area contributed by atoms with E-state index in [-0.39, 0.29) is 0 Å². The van der Waals surface area contributed by atoms with Crippen molar-refractivity contribution in [3.8, 4) is 0 Å². The molecule has 30 heavy (non-hydrogen) atoms. The first-order valence-electron chi connectivity index (χ1n) is 10.6. The molecule has 0 aliphatic carbocycles. The SMILES string of the molecule is CCN(CC)C(=S)[S][Sn]([c]1ccc(C)cc1)([c]1ccc(C)cc1)[c]1ccc(C)cc1. The van der Waals surface area contributed by atoms with Gasteiger partial charge in [0.15, 0.2) is 0 Å². The molecule has 3 aromatic carbocycles. The first-order valence-corrected chi connectivity index (χ1v) is 19.6. The van der Waals surface area contributed by atoms with Crippen LogP contribution in [0.1, 0.15) is 30.5 Å². The molecule has 0 saturated carbocycles. The van der Waals surface area contributed by atoms with Gasteiger partial charge in [0.05, 0.1) is 0 Å². The Balaban J connectivity index is 2.29. The van der Waals surface area contributed by atoms with E-state index in [1.807, 2.05) is 8.95 Å². The summed E-state index contributed by atoms with van der Waals surface area (Å²) in [6, 6.07) is 27.6. The van der Waals surface area contributed by atoms with Crippen molar-refractivity contribution in [1.82, 2.24) is 4.90 Å². The quantitative estimate of drug-likeness (QED) is 0.322. The van der Waals surface area contributed by atoms with Crippen LogP contribution in [0.15, 0.2) is 72.8 Å². The van der Waals surface area contributed by atoms with Gasteiger partial charge in [0.2, 0.25) is 0 Å². The number of nitrogens with zero attached hydrogens (tertiary/aromatic N) is 1. The Morgan fingerprint density at radius 1 is 0.667 bits per heavy atom. The normalized spacial score (nSPS) is 11.4. The molecule has 0 heterocycles. The van der Waals surface area contributed by atoms with Gasteiger partial charge in [0.1, 0.15) is 0 Å². The third-order valence-electron chi connectivity index (χ3n) is 5.64. The zero-order valence-electron chi connectivity index (χ0n) is 18.6. The van der Waals surface area contributed by atoms with Crippen LogP contribution in [0.5, 0.6) is 0 Å². The second-order valence-electron chi connectivity index (χ2n) is 7.82. The van der Waals surface area contributed by atoms with Gasteiger partial charge in [-0.3, -0.25) is 0 Å². The van der Waals surface area contributed by atoms with Crippen LogP contribution in [0.4, 0.5) is 0 Å². The maximum atomic E-state index is 6.04. The van der Waals surface area contributed by atoms with Gasteiger partial charge in [0.25, 0.3) is 0 Å². The van der Waals surface area contributed by atoms with Crippen LogP contribution in [0.3, 0.4) is 0 Å². The van der Waals surface area contributed by atoms with E-state index >= 15 is 0 Å². The summed E-state index contributed by atoms with van der Waals surface area (Å²) in [7, 11) is 1.99. The van der Waals surface area contributed by atoms with Gasteiger partial charge in [-0.1, -0.05) is 0 Å². The van der Waals surface area contributed by atoms with Crippen molar-refractivity contribution in [2.24, 2.45) is 0 Å². The summed E-state index contributed by atoms with van der Waals surface area (Å²) in [6.07, 6.45) is 0. The minimum atomic E-state index is -3.45. The van der Waals surface area contributed by atoms with Crippen molar-refractivity contribution >= 4 is 53.2 Å². The topological polar surface area (TPSA) is 3.24 Å². The fraction of sp³-hybridized carbons (Fsp3) is 0.269. The summed E-state index contributed by atoms with van der Waals surface area (Å²) in [6.45, 7) is 12.7. The molecule has 0 aromatic heterocycles. The molecule has 0 unspecified atom stereocenters. The molecule has 0 aliphatic rings. The number of benzene rings is 3. The second-order valence-corrected chi connectivity index (χ2v) is 23.7. The summed E-state index contributed by atoms with van der Waals surface area (Å²) in [4.78, 5) is 2.32. The molecule has 3 aromatic rings. The number of thiocarbonyl (C=S) groups is 1. The molecule has 0 atom stereocenters. The first-order chi connectivity index (χ1) is 14.4. The van der Waals surface area contributed by atoms with Crippen LogP contribution in [0, 0.1) is 20.8 Å². The van der Waals surface area contributed by atoms with E-state index in [0.717, 1.165) is 17.4 Å². The van der Waals surface area contributed by atoms with Crippen molar-refractivity contribution in [1.29, 1.82) is 0 Å². The summed E-state index contributed by atoms with van der Waals surface area (Å²) in [5.74, 6) is 0. The van der Waals surface area contributed by atoms with Crippen LogP contribution in [0.25, 0.3) is 0 Å². The number of hydrogen-bond donors (Lipinski definition) is 0. The first kappa shape index (κ1) is 23.4. The Bertz CT molecular complexity index is 864. The van der Waals surface area contributed by atoms with Gasteiger partial charge >= 0.3 is 195 Å². The van der Waals surface area contributed by atoms with Gasteiger partial charge < -0.3 is 0 Å². The average molecular weight is 540 g/mol. The van der Waals surface area contributed by atoms with Crippen molar-refractivity contribution in [2.45, 2.75) is 34.6 Å². The van der Waals surface area contributed by atoms with Crippen molar-refractivity contribution in [3.63, 3.8) is 0 Å². The van der Waals surface area contributed by atoms with E-state index in [4.69, 9.17) is 12.2 Å². The molecule has 0 saturated heterocycles. The van der Waals surface area contributed by atoms with Crippen molar-refractivity contribution in [2.75, 3.05) is 13.1 Å². The van der Waals surface area contributed by atoms with E-state index in [1.54, 1.807) is 0 Å². The van der Waals surface area contributed by atoms with Crippen molar-refractivity contribution < 1.29 is 0 Å². The monoisotopic (exact) mass is 541 g/mol.